The summed E-state index contributed by atoms with van der Waals surface area (Å²) < 4.78 is 0. The van der Waals surface area contributed by atoms with Crippen molar-refractivity contribution in [2.45, 2.75) is 13.1 Å². The van der Waals surface area contributed by atoms with Crippen LogP contribution in [0, 0.1) is 10.4 Å². The Morgan fingerprint density at radius 3 is 1.36 bits per heavy atom. The van der Waals surface area contributed by atoms with E-state index in [9.17, 15) is 10.4 Å². The molecule has 14 heavy (non-hydrogen) atoms. The third-order valence-electron chi connectivity index (χ3n) is 1.93. The van der Waals surface area contributed by atoms with Crippen molar-refractivity contribution in [3.63, 3.8) is 0 Å². The van der Waals surface area contributed by atoms with Crippen LogP contribution in [0.15, 0.2) is 24.3 Å². The first-order valence-electron chi connectivity index (χ1n) is 4.64. The molecule has 1 rings (SSSR count). The van der Waals surface area contributed by atoms with Crippen LogP contribution in [0.2, 0.25) is 0 Å². The standard InChI is InChI=1S/C10H16N2O2/c1-11(13)7-9-3-5-10(6-4-9)8-12(2)14/h3-6,11-12H,7-8H2,1-2H3. The molecule has 1 aromatic carbocycles. The molecule has 1 aromatic rings. The van der Waals surface area contributed by atoms with Gasteiger partial charge in [-0.3, -0.25) is 0 Å². The number of hydrogen-bond donors (Lipinski definition) is 2. The van der Waals surface area contributed by atoms with E-state index in [1.165, 1.54) is 0 Å². The SMILES string of the molecule is C[NH+]([O-])Cc1ccc(C[NH+](C)[O-])cc1. The second kappa shape index (κ2) is 5.07. The van der Waals surface area contributed by atoms with Gasteiger partial charge in [-0.25, -0.2) is 0 Å². The highest BCUT2D eigenvalue weighted by atomic mass is 16.5. The second-order valence-corrected chi connectivity index (χ2v) is 3.57. The van der Waals surface area contributed by atoms with Crippen LogP contribution in [0.1, 0.15) is 11.1 Å². The van der Waals surface area contributed by atoms with Gasteiger partial charge in [0.25, 0.3) is 0 Å². The van der Waals surface area contributed by atoms with Gasteiger partial charge in [0.1, 0.15) is 13.1 Å². The lowest BCUT2D eigenvalue weighted by Gasteiger charge is -2.17. The highest BCUT2D eigenvalue weighted by Crippen LogP contribution is 2.01. The molecule has 0 saturated carbocycles. The Morgan fingerprint density at radius 1 is 0.857 bits per heavy atom. The normalized spacial score (nSPS) is 15.1. The summed E-state index contributed by atoms with van der Waals surface area (Å²) in [6.45, 7) is 0.945. The first-order chi connectivity index (χ1) is 6.58. The van der Waals surface area contributed by atoms with Gasteiger partial charge in [-0.05, 0) is 0 Å². The predicted molar refractivity (Wildman–Crippen MR) is 54.4 cm³/mol. The number of nitrogens with one attached hydrogen (secondary N) is 2. The molecule has 0 aliphatic heterocycles. The van der Waals surface area contributed by atoms with Crippen molar-refractivity contribution < 1.29 is 10.1 Å². The predicted octanol–water partition coefficient (Wildman–Crippen LogP) is -1.29. The minimum absolute atomic E-state index is 0.157. The molecular weight excluding hydrogens is 180 g/mol. The van der Waals surface area contributed by atoms with Gasteiger partial charge in [0.2, 0.25) is 0 Å². The summed E-state index contributed by atoms with van der Waals surface area (Å²) in [6, 6.07) is 7.61. The van der Waals surface area contributed by atoms with Gasteiger partial charge in [-0.1, -0.05) is 24.3 Å². The highest BCUT2D eigenvalue weighted by Gasteiger charge is 1.98. The smallest absolute Gasteiger partial charge is 0.102 e. The topological polar surface area (TPSA) is 55.0 Å². The van der Waals surface area contributed by atoms with Crippen LogP contribution < -0.4 is 10.1 Å². The fraction of sp³-hybridized carbons (Fsp3) is 0.400. The molecule has 78 valence electrons. The zero-order valence-electron chi connectivity index (χ0n) is 8.54. The molecule has 2 unspecified atom stereocenters. The number of benzene rings is 1. The number of hydroxylamine groups is 4. The van der Waals surface area contributed by atoms with Gasteiger partial charge in [0.05, 0.1) is 14.1 Å². The summed E-state index contributed by atoms with van der Waals surface area (Å²) in [7, 11) is 3.15. The zero-order valence-corrected chi connectivity index (χ0v) is 8.54. The van der Waals surface area contributed by atoms with Crippen LogP contribution in [0.5, 0.6) is 0 Å². The Balaban J connectivity index is 2.59. The van der Waals surface area contributed by atoms with Gasteiger partial charge in [-0.15, -0.1) is 0 Å². The first kappa shape index (κ1) is 11.1. The minimum atomic E-state index is 0.157. The maximum Gasteiger partial charge on any atom is 0.102 e. The molecule has 0 fully saturated rings. The average molecular weight is 196 g/mol. The molecule has 0 aliphatic carbocycles. The molecule has 0 bridgehead atoms. The van der Waals surface area contributed by atoms with E-state index in [0.717, 1.165) is 11.1 Å². The van der Waals surface area contributed by atoms with Crippen LogP contribution in [0.25, 0.3) is 0 Å². The van der Waals surface area contributed by atoms with Crippen molar-refractivity contribution >= 4 is 0 Å². The molecular formula is C10H16N2O2. The van der Waals surface area contributed by atoms with Gasteiger partial charge in [0.15, 0.2) is 0 Å². The maximum atomic E-state index is 10.8. The number of quaternary nitrogens is 2. The molecule has 4 heteroatoms. The Kier molecular flexibility index (Phi) is 4.03. The monoisotopic (exact) mass is 196 g/mol. The summed E-state index contributed by atoms with van der Waals surface area (Å²) in [6.07, 6.45) is 0. The molecule has 0 radical (unpaired) electrons. The van der Waals surface area contributed by atoms with E-state index < -0.39 is 0 Å². The summed E-state index contributed by atoms with van der Waals surface area (Å²) in [5.41, 5.74) is 2.01. The van der Waals surface area contributed by atoms with E-state index in [0.29, 0.717) is 13.1 Å². The van der Waals surface area contributed by atoms with Gasteiger partial charge < -0.3 is 20.5 Å². The lowest BCUT2D eigenvalue weighted by Crippen LogP contribution is -3.02. The highest BCUT2D eigenvalue weighted by molar-refractivity contribution is 5.21. The van der Waals surface area contributed by atoms with Crippen molar-refractivity contribution in [2.24, 2.45) is 0 Å². The average Bonchev–Trinajstić information content (AvgIpc) is 2.06. The van der Waals surface area contributed by atoms with E-state index in [2.05, 4.69) is 0 Å². The van der Waals surface area contributed by atoms with Crippen LogP contribution >= 0.6 is 0 Å². The molecule has 0 spiro atoms. The summed E-state index contributed by atoms with van der Waals surface area (Å²) >= 11 is 0. The van der Waals surface area contributed by atoms with Crippen molar-refractivity contribution in [3.8, 4) is 0 Å². The zero-order chi connectivity index (χ0) is 10.6. The Bertz CT molecular complexity index is 241. The largest absolute Gasteiger partial charge is 0.634 e. The molecule has 0 amide bonds. The number of hydrogen-bond acceptors (Lipinski definition) is 2. The first-order valence-corrected chi connectivity index (χ1v) is 4.64. The molecule has 0 aliphatic rings. The molecule has 2 atom stereocenters. The Hall–Kier alpha value is -0.940. The summed E-state index contributed by atoms with van der Waals surface area (Å²) in [5, 5.41) is 22.0. The second-order valence-electron chi connectivity index (χ2n) is 3.57. The molecule has 0 aromatic heterocycles. The number of rotatable bonds is 4. The van der Waals surface area contributed by atoms with E-state index in [-0.39, 0.29) is 10.1 Å². The third-order valence-corrected chi connectivity index (χ3v) is 1.93. The van der Waals surface area contributed by atoms with Crippen LogP contribution in [-0.2, 0) is 13.1 Å². The lowest BCUT2D eigenvalue weighted by molar-refractivity contribution is -0.841. The minimum Gasteiger partial charge on any atom is -0.634 e. The Morgan fingerprint density at radius 2 is 1.14 bits per heavy atom. The summed E-state index contributed by atoms with van der Waals surface area (Å²) in [5.74, 6) is 0. The van der Waals surface area contributed by atoms with Gasteiger partial charge in [0, 0.05) is 11.1 Å². The van der Waals surface area contributed by atoms with Gasteiger partial charge in [-0.2, -0.15) is 0 Å². The quantitative estimate of drug-likeness (QED) is 0.589. The van der Waals surface area contributed by atoms with Crippen molar-refractivity contribution in [3.05, 3.63) is 45.8 Å². The lowest BCUT2D eigenvalue weighted by atomic mass is 10.1. The third kappa shape index (κ3) is 3.85. The van der Waals surface area contributed by atoms with E-state index in [1.807, 2.05) is 24.3 Å². The molecule has 0 heterocycles. The molecule has 2 N–H and O–H groups in total. The van der Waals surface area contributed by atoms with Crippen molar-refractivity contribution in [1.29, 1.82) is 0 Å². The van der Waals surface area contributed by atoms with Crippen molar-refractivity contribution in [2.75, 3.05) is 14.1 Å². The molecule has 0 saturated heterocycles. The van der Waals surface area contributed by atoms with Crippen LogP contribution in [0.3, 0.4) is 0 Å². The van der Waals surface area contributed by atoms with Gasteiger partial charge >= 0.3 is 0 Å². The van der Waals surface area contributed by atoms with Crippen LogP contribution in [-0.4, -0.2) is 14.1 Å². The van der Waals surface area contributed by atoms with E-state index in [1.54, 1.807) is 14.1 Å². The van der Waals surface area contributed by atoms with Crippen molar-refractivity contribution in [1.82, 2.24) is 0 Å². The Labute approximate surface area is 83.9 Å². The summed E-state index contributed by atoms with van der Waals surface area (Å²) in [4.78, 5) is 0. The fourth-order valence-corrected chi connectivity index (χ4v) is 1.35. The van der Waals surface area contributed by atoms with E-state index in [4.69, 9.17) is 0 Å². The van der Waals surface area contributed by atoms with E-state index >= 15 is 0 Å². The van der Waals surface area contributed by atoms with Crippen LogP contribution in [0.4, 0.5) is 0 Å². The fourth-order valence-electron chi connectivity index (χ4n) is 1.35. The molecule has 4 nitrogen and oxygen atoms in total. The maximum absolute atomic E-state index is 10.8.